The van der Waals surface area contributed by atoms with E-state index in [0.717, 1.165) is 21.8 Å². The minimum Gasteiger partial charge on any atom is -0.496 e. The topological polar surface area (TPSA) is 61.0 Å². The Bertz CT molecular complexity index is 555. The van der Waals surface area contributed by atoms with Crippen LogP contribution in [0.2, 0.25) is 0 Å². The first kappa shape index (κ1) is 13.8. The molecule has 0 radical (unpaired) electrons. The second-order valence-electron chi connectivity index (χ2n) is 4.31. The zero-order valence-corrected chi connectivity index (χ0v) is 12.1. The molecule has 1 aromatic heterocycles. The molecule has 0 aliphatic heterocycles. The normalized spacial score (nSPS) is 12.2. The predicted octanol–water partition coefficient (Wildman–Crippen LogP) is 2.96. The van der Waals surface area contributed by atoms with Crippen LogP contribution in [0.1, 0.15) is 24.1 Å². The zero-order valence-electron chi connectivity index (χ0n) is 11.3. The molecule has 100 valence electrons. The van der Waals surface area contributed by atoms with Crippen LogP contribution in [0.15, 0.2) is 40.6 Å². The average Bonchev–Trinajstić information content (AvgIpc) is 2.40. The highest BCUT2D eigenvalue weighted by molar-refractivity contribution is 7.99. The molecule has 4 nitrogen and oxygen atoms in total. The van der Waals surface area contributed by atoms with Crippen molar-refractivity contribution in [3.63, 3.8) is 0 Å². The Labute approximate surface area is 117 Å². The largest absolute Gasteiger partial charge is 0.496 e. The van der Waals surface area contributed by atoms with E-state index in [4.69, 9.17) is 10.5 Å². The molecule has 1 atom stereocenters. The van der Waals surface area contributed by atoms with Gasteiger partial charge in [-0.3, -0.25) is 0 Å². The molecule has 0 amide bonds. The quantitative estimate of drug-likeness (QED) is 0.869. The SMILES string of the molecule is COc1cccc(Sc2ncc(C)cn2)c1C(C)N. The number of methoxy groups -OCH3 is 1. The van der Waals surface area contributed by atoms with E-state index in [9.17, 15) is 0 Å². The van der Waals surface area contributed by atoms with Gasteiger partial charge in [0, 0.05) is 28.9 Å². The van der Waals surface area contributed by atoms with Crippen LogP contribution in [0, 0.1) is 6.92 Å². The summed E-state index contributed by atoms with van der Waals surface area (Å²) in [6, 6.07) is 5.76. The summed E-state index contributed by atoms with van der Waals surface area (Å²) in [4.78, 5) is 9.63. The maximum Gasteiger partial charge on any atom is 0.192 e. The molecule has 1 aromatic carbocycles. The molecule has 1 heterocycles. The van der Waals surface area contributed by atoms with Crippen molar-refractivity contribution in [2.75, 3.05) is 7.11 Å². The van der Waals surface area contributed by atoms with Crippen LogP contribution in [-0.2, 0) is 0 Å². The van der Waals surface area contributed by atoms with E-state index >= 15 is 0 Å². The molecule has 0 saturated heterocycles. The summed E-state index contributed by atoms with van der Waals surface area (Å²) in [5.74, 6) is 0.798. The lowest BCUT2D eigenvalue weighted by molar-refractivity contribution is 0.405. The number of nitrogens with two attached hydrogens (primary N) is 1. The number of ether oxygens (including phenoxy) is 1. The summed E-state index contributed by atoms with van der Waals surface area (Å²) in [6.07, 6.45) is 3.61. The van der Waals surface area contributed by atoms with Crippen molar-refractivity contribution >= 4 is 11.8 Å². The fourth-order valence-corrected chi connectivity index (χ4v) is 2.72. The first-order valence-corrected chi connectivity index (χ1v) is 6.82. The van der Waals surface area contributed by atoms with Crippen LogP contribution in [0.3, 0.4) is 0 Å². The molecule has 19 heavy (non-hydrogen) atoms. The predicted molar refractivity (Wildman–Crippen MR) is 76.5 cm³/mol. The zero-order chi connectivity index (χ0) is 13.8. The molecule has 2 aromatic rings. The summed E-state index contributed by atoms with van der Waals surface area (Å²) in [5, 5.41) is 0.709. The highest BCUT2D eigenvalue weighted by Crippen LogP contribution is 2.36. The van der Waals surface area contributed by atoms with E-state index in [1.54, 1.807) is 19.5 Å². The lowest BCUT2D eigenvalue weighted by Gasteiger charge is -2.15. The van der Waals surface area contributed by atoms with Gasteiger partial charge < -0.3 is 10.5 Å². The molecule has 0 fully saturated rings. The second kappa shape index (κ2) is 6.04. The number of benzene rings is 1. The van der Waals surface area contributed by atoms with Gasteiger partial charge in [-0.25, -0.2) is 9.97 Å². The van der Waals surface area contributed by atoms with Crippen LogP contribution in [0.5, 0.6) is 5.75 Å². The Morgan fingerprint density at radius 3 is 2.53 bits per heavy atom. The summed E-state index contributed by atoms with van der Waals surface area (Å²) in [6.45, 7) is 3.91. The van der Waals surface area contributed by atoms with Gasteiger partial charge in [0.05, 0.1) is 7.11 Å². The first-order chi connectivity index (χ1) is 9.11. The molecule has 1 unspecified atom stereocenters. The van der Waals surface area contributed by atoms with E-state index < -0.39 is 0 Å². The Morgan fingerprint density at radius 2 is 1.95 bits per heavy atom. The average molecular weight is 275 g/mol. The molecule has 5 heteroatoms. The van der Waals surface area contributed by atoms with Crippen molar-refractivity contribution in [2.45, 2.75) is 29.9 Å². The van der Waals surface area contributed by atoms with E-state index in [2.05, 4.69) is 9.97 Å². The number of nitrogens with zero attached hydrogens (tertiary/aromatic N) is 2. The molecule has 0 saturated carbocycles. The third-order valence-corrected chi connectivity index (χ3v) is 3.63. The summed E-state index contributed by atoms with van der Waals surface area (Å²) >= 11 is 1.50. The fourth-order valence-electron chi connectivity index (χ4n) is 1.77. The van der Waals surface area contributed by atoms with Gasteiger partial charge in [0.1, 0.15) is 5.75 Å². The van der Waals surface area contributed by atoms with Gasteiger partial charge >= 0.3 is 0 Å². The lowest BCUT2D eigenvalue weighted by atomic mass is 10.1. The van der Waals surface area contributed by atoms with Gasteiger partial charge in [-0.05, 0) is 43.3 Å². The van der Waals surface area contributed by atoms with Crippen molar-refractivity contribution in [1.82, 2.24) is 9.97 Å². The first-order valence-electron chi connectivity index (χ1n) is 6.00. The smallest absolute Gasteiger partial charge is 0.192 e. The lowest BCUT2D eigenvalue weighted by Crippen LogP contribution is -2.08. The van der Waals surface area contributed by atoms with E-state index in [-0.39, 0.29) is 6.04 Å². The molecule has 0 aliphatic carbocycles. The molecule has 0 aliphatic rings. The van der Waals surface area contributed by atoms with Crippen molar-refractivity contribution in [3.05, 3.63) is 41.7 Å². The van der Waals surface area contributed by atoms with Gasteiger partial charge in [0.15, 0.2) is 5.16 Å². The molecular weight excluding hydrogens is 258 g/mol. The van der Waals surface area contributed by atoms with Crippen LogP contribution in [0.25, 0.3) is 0 Å². The van der Waals surface area contributed by atoms with E-state index in [1.807, 2.05) is 32.0 Å². The second-order valence-corrected chi connectivity index (χ2v) is 5.31. The molecule has 0 spiro atoms. The van der Waals surface area contributed by atoms with Gasteiger partial charge in [0.25, 0.3) is 0 Å². The number of aryl methyl sites for hydroxylation is 1. The summed E-state index contributed by atoms with van der Waals surface area (Å²) in [5.41, 5.74) is 8.06. The third-order valence-electron chi connectivity index (χ3n) is 2.66. The van der Waals surface area contributed by atoms with Crippen molar-refractivity contribution in [1.29, 1.82) is 0 Å². The van der Waals surface area contributed by atoms with Crippen molar-refractivity contribution in [2.24, 2.45) is 5.73 Å². The number of aromatic nitrogens is 2. The fraction of sp³-hybridized carbons (Fsp3) is 0.286. The highest BCUT2D eigenvalue weighted by atomic mass is 32.2. The molecular formula is C14H17N3OS. The minimum atomic E-state index is -0.107. The van der Waals surface area contributed by atoms with Crippen LogP contribution in [0.4, 0.5) is 0 Å². The monoisotopic (exact) mass is 275 g/mol. The standard InChI is InChI=1S/C14H17N3OS/c1-9-7-16-14(17-8-9)19-12-6-4-5-11(18-3)13(12)10(2)15/h4-8,10H,15H2,1-3H3. The van der Waals surface area contributed by atoms with Crippen molar-refractivity contribution in [3.8, 4) is 5.75 Å². The van der Waals surface area contributed by atoms with Gasteiger partial charge in [-0.15, -0.1) is 0 Å². The number of hydrogen-bond donors (Lipinski definition) is 1. The maximum absolute atomic E-state index is 6.03. The van der Waals surface area contributed by atoms with Crippen LogP contribution < -0.4 is 10.5 Å². The summed E-state index contributed by atoms with van der Waals surface area (Å²) in [7, 11) is 1.65. The van der Waals surface area contributed by atoms with Gasteiger partial charge in [0.2, 0.25) is 0 Å². The van der Waals surface area contributed by atoms with E-state index in [0.29, 0.717) is 5.16 Å². The Morgan fingerprint density at radius 1 is 1.26 bits per heavy atom. The summed E-state index contributed by atoms with van der Waals surface area (Å²) < 4.78 is 5.37. The number of hydrogen-bond acceptors (Lipinski definition) is 5. The highest BCUT2D eigenvalue weighted by Gasteiger charge is 2.14. The third kappa shape index (κ3) is 3.24. The molecule has 0 bridgehead atoms. The Hall–Kier alpha value is -1.59. The van der Waals surface area contributed by atoms with Crippen LogP contribution >= 0.6 is 11.8 Å². The van der Waals surface area contributed by atoms with Gasteiger partial charge in [-0.2, -0.15) is 0 Å². The van der Waals surface area contributed by atoms with Crippen molar-refractivity contribution < 1.29 is 4.74 Å². The Balaban J connectivity index is 2.36. The molecule has 2 N–H and O–H groups in total. The van der Waals surface area contributed by atoms with E-state index in [1.165, 1.54) is 11.8 Å². The van der Waals surface area contributed by atoms with Crippen LogP contribution in [-0.4, -0.2) is 17.1 Å². The Kier molecular flexibility index (Phi) is 4.39. The number of rotatable bonds is 4. The molecule has 2 rings (SSSR count). The minimum absolute atomic E-state index is 0.107. The van der Waals surface area contributed by atoms with Gasteiger partial charge in [-0.1, -0.05) is 6.07 Å². The maximum atomic E-state index is 6.03.